The molecule has 0 aliphatic carbocycles. The van der Waals surface area contributed by atoms with Crippen molar-refractivity contribution in [2.75, 3.05) is 13.6 Å². The molecule has 3 aromatic rings. The zero-order valence-corrected chi connectivity index (χ0v) is 19.6. The van der Waals surface area contributed by atoms with Crippen LogP contribution in [-0.2, 0) is 39.0 Å². The Bertz CT molecular complexity index is 957. The van der Waals surface area contributed by atoms with Crippen molar-refractivity contribution in [1.82, 2.24) is 20.7 Å². The molecule has 0 radical (unpaired) electrons. The molecule has 32 heavy (non-hydrogen) atoms. The molecule has 1 aromatic carbocycles. The number of furan rings is 1. The minimum atomic E-state index is 0.602. The van der Waals surface area contributed by atoms with Crippen molar-refractivity contribution in [2.45, 2.75) is 59.8 Å². The van der Waals surface area contributed by atoms with Gasteiger partial charge in [0.25, 0.3) is 0 Å². The van der Waals surface area contributed by atoms with E-state index >= 15 is 0 Å². The highest BCUT2D eigenvalue weighted by Crippen LogP contribution is 2.16. The smallest absolute Gasteiger partial charge is 0.191 e. The summed E-state index contributed by atoms with van der Waals surface area (Å²) in [7, 11) is 2.10. The van der Waals surface area contributed by atoms with Crippen molar-refractivity contribution in [3.8, 4) is 0 Å². The molecule has 7 heteroatoms. The molecule has 0 bridgehead atoms. The van der Waals surface area contributed by atoms with Gasteiger partial charge in [0.15, 0.2) is 5.96 Å². The average Bonchev–Trinajstić information content (AvgIpc) is 3.45. The topological polar surface area (TPSA) is 78.8 Å². The van der Waals surface area contributed by atoms with E-state index in [1.165, 1.54) is 11.1 Å². The van der Waals surface area contributed by atoms with Crippen molar-refractivity contribution in [3.63, 3.8) is 0 Å². The van der Waals surface area contributed by atoms with E-state index in [4.69, 9.17) is 13.9 Å². The molecule has 172 valence electrons. The third-order valence-corrected chi connectivity index (χ3v) is 5.36. The summed E-state index contributed by atoms with van der Waals surface area (Å²) in [6.45, 7) is 9.90. The van der Waals surface area contributed by atoms with Gasteiger partial charge < -0.3 is 19.6 Å². The van der Waals surface area contributed by atoms with E-state index in [0.717, 1.165) is 61.2 Å². The molecule has 0 saturated heterocycles. The third kappa shape index (κ3) is 6.47. The molecule has 0 spiro atoms. The second kappa shape index (κ2) is 12.1. The van der Waals surface area contributed by atoms with Crippen molar-refractivity contribution in [2.24, 2.45) is 4.99 Å². The Kier molecular flexibility index (Phi) is 8.92. The van der Waals surface area contributed by atoms with Crippen LogP contribution in [-0.4, -0.2) is 29.6 Å². The van der Waals surface area contributed by atoms with Crippen molar-refractivity contribution < 1.29 is 8.94 Å². The van der Waals surface area contributed by atoms with E-state index in [2.05, 4.69) is 72.8 Å². The van der Waals surface area contributed by atoms with Gasteiger partial charge in [-0.3, -0.25) is 4.90 Å². The normalized spacial score (nSPS) is 11.8. The number of aliphatic imine (C=N–C) groups is 1. The average molecular weight is 438 g/mol. The molecule has 0 aliphatic heterocycles. The molecule has 0 unspecified atom stereocenters. The Morgan fingerprint density at radius 3 is 2.50 bits per heavy atom. The van der Waals surface area contributed by atoms with Crippen LogP contribution in [0.25, 0.3) is 0 Å². The van der Waals surface area contributed by atoms with Crippen LogP contribution in [0.4, 0.5) is 0 Å². The molecule has 2 aromatic heterocycles. The molecule has 0 amide bonds. The molecule has 0 fully saturated rings. The summed E-state index contributed by atoms with van der Waals surface area (Å²) in [4.78, 5) is 7.09. The molecule has 7 nitrogen and oxygen atoms in total. The van der Waals surface area contributed by atoms with Crippen LogP contribution in [0.15, 0.2) is 56.6 Å². The highest BCUT2D eigenvalue weighted by Gasteiger charge is 2.14. The summed E-state index contributed by atoms with van der Waals surface area (Å²) >= 11 is 0. The number of guanidine groups is 1. The zero-order valence-electron chi connectivity index (χ0n) is 19.6. The summed E-state index contributed by atoms with van der Waals surface area (Å²) in [6.07, 6.45) is 3.40. The quantitative estimate of drug-likeness (QED) is 0.344. The summed E-state index contributed by atoms with van der Waals surface area (Å²) in [5.74, 6) is 2.69. The predicted octanol–water partition coefficient (Wildman–Crippen LogP) is 4.28. The van der Waals surface area contributed by atoms with Gasteiger partial charge in [-0.15, -0.1) is 0 Å². The Morgan fingerprint density at radius 2 is 1.81 bits per heavy atom. The van der Waals surface area contributed by atoms with E-state index in [-0.39, 0.29) is 0 Å². The second-order valence-corrected chi connectivity index (χ2v) is 7.81. The maximum Gasteiger partial charge on any atom is 0.191 e. The first-order valence-electron chi connectivity index (χ1n) is 11.4. The van der Waals surface area contributed by atoms with E-state index in [0.29, 0.717) is 13.1 Å². The lowest BCUT2D eigenvalue weighted by Gasteiger charge is -2.18. The maximum absolute atomic E-state index is 5.49. The van der Waals surface area contributed by atoms with Crippen LogP contribution in [0.2, 0.25) is 0 Å². The number of nitrogens with one attached hydrogen (secondary N) is 2. The molecular weight excluding hydrogens is 402 g/mol. The fourth-order valence-electron chi connectivity index (χ4n) is 3.70. The molecule has 2 N–H and O–H groups in total. The van der Waals surface area contributed by atoms with Gasteiger partial charge in [0.05, 0.1) is 25.0 Å². The Labute approximate surface area is 190 Å². The fourth-order valence-corrected chi connectivity index (χ4v) is 3.70. The SMILES string of the molecule is CCNC(=NCc1ccccc1CN(C)Cc1ccco1)NCc1c(CC)noc1CC. The molecular formula is C25H35N5O2. The number of nitrogens with zero attached hydrogens (tertiary/aromatic N) is 3. The van der Waals surface area contributed by atoms with E-state index in [9.17, 15) is 0 Å². The maximum atomic E-state index is 5.49. The van der Waals surface area contributed by atoms with Gasteiger partial charge in [-0.1, -0.05) is 43.3 Å². The first-order chi connectivity index (χ1) is 15.6. The predicted molar refractivity (Wildman–Crippen MR) is 127 cm³/mol. The lowest BCUT2D eigenvalue weighted by molar-refractivity contribution is 0.287. The fraction of sp³-hybridized carbons (Fsp3) is 0.440. The van der Waals surface area contributed by atoms with Gasteiger partial charge in [-0.05, 0) is 43.7 Å². The number of hydrogen-bond acceptors (Lipinski definition) is 5. The Morgan fingerprint density at radius 1 is 1.00 bits per heavy atom. The van der Waals surface area contributed by atoms with Crippen LogP contribution in [0.5, 0.6) is 0 Å². The molecule has 0 saturated carbocycles. The minimum absolute atomic E-state index is 0.602. The number of aryl methyl sites for hydroxylation is 2. The standard InChI is InChI=1S/C25H35N5O2/c1-5-23-22(24(6-2)32-29-23)16-28-25(26-7-3)27-15-19-11-8-9-12-20(19)17-30(4)18-21-13-10-14-31-21/h8-14H,5-7,15-18H2,1-4H3,(H2,26,27,28). The lowest BCUT2D eigenvalue weighted by atomic mass is 10.1. The minimum Gasteiger partial charge on any atom is -0.468 e. The number of aromatic nitrogens is 1. The third-order valence-electron chi connectivity index (χ3n) is 5.36. The van der Waals surface area contributed by atoms with Crippen LogP contribution in [0.3, 0.4) is 0 Å². The van der Waals surface area contributed by atoms with E-state index < -0.39 is 0 Å². The molecule has 0 atom stereocenters. The van der Waals surface area contributed by atoms with Crippen LogP contribution < -0.4 is 10.6 Å². The molecule has 0 aliphatic rings. The number of benzene rings is 1. The van der Waals surface area contributed by atoms with Gasteiger partial charge in [-0.25, -0.2) is 4.99 Å². The summed E-state index contributed by atoms with van der Waals surface area (Å²) < 4.78 is 11.0. The van der Waals surface area contributed by atoms with Crippen molar-refractivity contribution >= 4 is 5.96 Å². The molecule has 3 rings (SSSR count). The summed E-state index contributed by atoms with van der Waals surface area (Å²) in [6, 6.07) is 12.4. The number of hydrogen-bond donors (Lipinski definition) is 2. The highest BCUT2D eigenvalue weighted by atomic mass is 16.5. The number of rotatable bonds is 11. The molecule has 2 heterocycles. The Balaban J connectivity index is 1.66. The Hall–Kier alpha value is -3.06. The first kappa shape index (κ1) is 23.6. The van der Waals surface area contributed by atoms with Crippen molar-refractivity contribution in [3.05, 3.63) is 76.6 Å². The van der Waals surface area contributed by atoms with Gasteiger partial charge >= 0.3 is 0 Å². The second-order valence-electron chi connectivity index (χ2n) is 7.81. The van der Waals surface area contributed by atoms with Crippen LogP contribution in [0.1, 0.15) is 54.7 Å². The lowest BCUT2D eigenvalue weighted by Crippen LogP contribution is -2.37. The first-order valence-corrected chi connectivity index (χ1v) is 11.4. The van der Waals surface area contributed by atoms with Gasteiger partial charge in [0.2, 0.25) is 0 Å². The van der Waals surface area contributed by atoms with Gasteiger partial charge in [0.1, 0.15) is 11.5 Å². The van der Waals surface area contributed by atoms with E-state index in [1.54, 1.807) is 6.26 Å². The summed E-state index contributed by atoms with van der Waals surface area (Å²) in [5, 5.41) is 11.0. The summed E-state index contributed by atoms with van der Waals surface area (Å²) in [5.41, 5.74) is 4.63. The zero-order chi connectivity index (χ0) is 22.8. The van der Waals surface area contributed by atoms with Crippen LogP contribution in [0, 0.1) is 0 Å². The highest BCUT2D eigenvalue weighted by molar-refractivity contribution is 5.79. The van der Waals surface area contributed by atoms with Crippen LogP contribution >= 0.6 is 0 Å². The van der Waals surface area contributed by atoms with E-state index in [1.807, 2.05) is 12.1 Å². The van der Waals surface area contributed by atoms with Gasteiger partial charge in [-0.2, -0.15) is 0 Å². The van der Waals surface area contributed by atoms with Crippen molar-refractivity contribution in [1.29, 1.82) is 0 Å². The van der Waals surface area contributed by atoms with Gasteiger partial charge in [0, 0.05) is 31.6 Å². The largest absolute Gasteiger partial charge is 0.468 e. The monoisotopic (exact) mass is 437 g/mol.